The molecule has 1 aromatic heterocycles. The van der Waals surface area contributed by atoms with Gasteiger partial charge in [-0.1, -0.05) is 24.3 Å². The standard InChI is InChI=1S/C26H26FNO2S2/c27-21-10-19(18-3-1-2-14(7-18)8-22-24(30)28-25(31)32-22)9-20(23(21)29)26-11-15-4-16(12-26)6-17(5-15)13-26/h1-3,7,9-10,15-17,29-30H,4-6,8,11-13H2,(H,28,31). The molecule has 0 saturated heterocycles. The average molecular weight is 468 g/mol. The van der Waals surface area contributed by atoms with Crippen LogP contribution < -0.4 is 0 Å². The maximum Gasteiger partial charge on any atom is 0.203 e. The number of nitrogens with one attached hydrogen (secondary N) is 1. The molecule has 7 rings (SSSR count). The van der Waals surface area contributed by atoms with Crippen LogP contribution in [0.3, 0.4) is 0 Å². The summed E-state index contributed by atoms with van der Waals surface area (Å²) in [7, 11) is 0. The summed E-state index contributed by atoms with van der Waals surface area (Å²) in [5.41, 5.74) is 3.49. The van der Waals surface area contributed by atoms with E-state index in [0.29, 0.717) is 10.4 Å². The van der Waals surface area contributed by atoms with Crippen LogP contribution in [0.2, 0.25) is 0 Å². The SMILES string of the molecule is Oc1[nH]c(=S)sc1Cc1cccc(-c2cc(F)c(O)c(C34CC5CC(CC(C5)C3)C4)c2)c1. The second-order valence-electron chi connectivity index (χ2n) is 10.2. The number of aromatic hydroxyl groups is 2. The van der Waals surface area contributed by atoms with Crippen LogP contribution in [0.4, 0.5) is 4.39 Å². The van der Waals surface area contributed by atoms with E-state index >= 15 is 4.39 Å². The highest BCUT2D eigenvalue weighted by Gasteiger charge is 2.52. The van der Waals surface area contributed by atoms with Gasteiger partial charge in [0.2, 0.25) is 5.88 Å². The highest BCUT2D eigenvalue weighted by molar-refractivity contribution is 7.73. The van der Waals surface area contributed by atoms with Crippen LogP contribution >= 0.6 is 23.6 Å². The fraction of sp³-hybridized carbons (Fsp3) is 0.423. The van der Waals surface area contributed by atoms with Crippen LogP contribution in [-0.2, 0) is 11.8 Å². The van der Waals surface area contributed by atoms with Gasteiger partial charge in [-0.3, -0.25) is 0 Å². The van der Waals surface area contributed by atoms with Gasteiger partial charge >= 0.3 is 0 Å². The molecule has 4 bridgehead atoms. The molecule has 4 aliphatic carbocycles. The molecule has 6 heteroatoms. The first-order valence-electron chi connectivity index (χ1n) is 11.4. The topological polar surface area (TPSA) is 56.2 Å². The minimum absolute atomic E-state index is 0.0776. The third kappa shape index (κ3) is 3.39. The number of rotatable bonds is 4. The van der Waals surface area contributed by atoms with Gasteiger partial charge in [0.05, 0.1) is 4.88 Å². The molecule has 4 saturated carbocycles. The lowest BCUT2D eigenvalue weighted by atomic mass is 9.48. The molecule has 0 aliphatic heterocycles. The number of hydrogen-bond acceptors (Lipinski definition) is 4. The maximum atomic E-state index is 15.0. The third-order valence-electron chi connectivity index (χ3n) is 8.00. The van der Waals surface area contributed by atoms with E-state index in [-0.39, 0.29) is 17.0 Å². The molecule has 3 nitrogen and oxygen atoms in total. The molecule has 32 heavy (non-hydrogen) atoms. The molecule has 3 aromatic rings. The lowest BCUT2D eigenvalue weighted by Crippen LogP contribution is -2.48. The number of halogens is 1. The second-order valence-corrected chi connectivity index (χ2v) is 12.0. The van der Waals surface area contributed by atoms with Crippen molar-refractivity contribution in [3.8, 4) is 22.8 Å². The van der Waals surface area contributed by atoms with Crippen molar-refractivity contribution in [3.63, 3.8) is 0 Å². The molecule has 0 unspecified atom stereocenters. The first kappa shape index (κ1) is 20.4. The average Bonchev–Trinajstić information content (AvgIpc) is 3.05. The number of aromatic nitrogens is 1. The monoisotopic (exact) mass is 467 g/mol. The van der Waals surface area contributed by atoms with E-state index in [9.17, 15) is 10.2 Å². The first-order valence-corrected chi connectivity index (χ1v) is 12.6. The number of phenolic OH excluding ortho intramolecular Hbond substituents is 1. The lowest BCUT2D eigenvalue weighted by molar-refractivity contribution is -0.00632. The van der Waals surface area contributed by atoms with Crippen LogP contribution in [0, 0.1) is 27.5 Å². The number of benzene rings is 2. The highest BCUT2D eigenvalue weighted by atomic mass is 32.1. The first-order chi connectivity index (χ1) is 15.4. The molecule has 4 fully saturated rings. The van der Waals surface area contributed by atoms with Gasteiger partial charge in [0.15, 0.2) is 15.5 Å². The van der Waals surface area contributed by atoms with Crippen molar-refractivity contribution >= 4 is 23.6 Å². The largest absolute Gasteiger partial charge is 0.505 e. The predicted molar refractivity (Wildman–Crippen MR) is 127 cm³/mol. The summed E-state index contributed by atoms with van der Waals surface area (Å²) in [6.07, 6.45) is 7.71. The Kier molecular flexibility index (Phi) is 4.74. The van der Waals surface area contributed by atoms with Crippen molar-refractivity contribution in [3.05, 3.63) is 62.2 Å². The summed E-state index contributed by atoms with van der Waals surface area (Å²) in [6.45, 7) is 0. The molecule has 1 heterocycles. The quantitative estimate of drug-likeness (QED) is 0.359. The molecule has 166 valence electrons. The number of thiazole rings is 1. The number of H-pyrrole nitrogens is 1. The number of hydrogen-bond donors (Lipinski definition) is 3. The van der Waals surface area contributed by atoms with Crippen molar-refractivity contribution in [2.45, 2.75) is 50.4 Å². The summed E-state index contributed by atoms with van der Waals surface area (Å²) in [5.74, 6) is 1.61. The van der Waals surface area contributed by atoms with Gasteiger partial charge in [-0.2, -0.15) is 0 Å². The van der Waals surface area contributed by atoms with E-state index in [4.69, 9.17) is 12.2 Å². The Morgan fingerprint density at radius 1 is 1.00 bits per heavy atom. The zero-order valence-electron chi connectivity index (χ0n) is 17.7. The summed E-state index contributed by atoms with van der Waals surface area (Å²) in [6, 6.07) is 11.5. The molecule has 0 radical (unpaired) electrons. The Labute approximate surface area is 196 Å². The van der Waals surface area contributed by atoms with Crippen molar-refractivity contribution in [2.75, 3.05) is 0 Å². The summed E-state index contributed by atoms with van der Waals surface area (Å²) < 4.78 is 15.6. The summed E-state index contributed by atoms with van der Waals surface area (Å²) >= 11 is 6.49. The fourth-order valence-corrected chi connectivity index (χ4v) is 8.29. The lowest BCUT2D eigenvalue weighted by Gasteiger charge is -2.57. The van der Waals surface area contributed by atoms with Crippen molar-refractivity contribution in [1.29, 1.82) is 0 Å². The van der Waals surface area contributed by atoms with Gasteiger partial charge in [0.1, 0.15) is 0 Å². The summed E-state index contributed by atoms with van der Waals surface area (Å²) in [4.78, 5) is 3.56. The van der Waals surface area contributed by atoms with Crippen LogP contribution in [0.15, 0.2) is 36.4 Å². The van der Waals surface area contributed by atoms with Crippen molar-refractivity contribution in [2.24, 2.45) is 17.8 Å². The fourth-order valence-electron chi connectivity index (χ4n) is 7.13. The maximum absolute atomic E-state index is 15.0. The van der Waals surface area contributed by atoms with Gasteiger partial charge in [0.25, 0.3) is 0 Å². The van der Waals surface area contributed by atoms with E-state index in [1.165, 1.54) is 36.7 Å². The highest BCUT2D eigenvalue weighted by Crippen LogP contribution is 2.62. The van der Waals surface area contributed by atoms with Crippen molar-refractivity contribution < 1.29 is 14.6 Å². The van der Waals surface area contributed by atoms with E-state index in [0.717, 1.165) is 64.1 Å². The van der Waals surface area contributed by atoms with Gasteiger partial charge in [-0.15, -0.1) is 11.3 Å². The normalized spacial score (nSPS) is 28.3. The molecule has 2 aromatic carbocycles. The van der Waals surface area contributed by atoms with E-state index < -0.39 is 5.82 Å². The van der Waals surface area contributed by atoms with Crippen LogP contribution in [0.1, 0.15) is 54.5 Å². The molecular formula is C26H26FNO2S2. The molecule has 0 atom stereocenters. The van der Waals surface area contributed by atoms with Crippen LogP contribution in [-0.4, -0.2) is 15.2 Å². The Balaban J connectivity index is 1.38. The zero-order valence-corrected chi connectivity index (χ0v) is 19.4. The van der Waals surface area contributed by atoms with E-state index in [1.807, 2.05) is 30.3 Å². The Morgan fingerprint density at radius 2 is 1.69 bits per heavy atom. The van der Waals surface area contributed by atoms with Crippen molar-refractivity contribution in [1.82, 2.24) is 4.98 Å². The Morgan fingerprint density at radius 3 is 2.31 bits per heavy atom. The second kappa shape index (κ2) is 7.42. The third-order valence-corrected chi connectivity index (χ3v) is 9.22. The van der Waals surface area contributed by atoms with Crippen LogP contribution in [0.5, 0.6) is 11.6 Å². The predicted octanol–water partition coefficient (Wildman–Crippen LogP) is 7.08. The van der Waals surface area contributed by atoms with Crippen LogP contribution in [0.25, 0.3) is 11.1 Å². The minimum atomic E-state index is -0.528. The summed E-state index contributed by atoms with van der Waals surface area (Å²) in [5, 5.41) is 20.8. The Hall–Kier alpha value is -2.18. The zero-order chi connectivity index (χ0) is 22.0. The Bertz CT molecular complexity index is 1230. The molecule has 4 aliphatic rings. The minimum Gasteiger partial charge on any atom is -0.505 e. The van der Waals surface area contributed by atoms with Gasteiger partial charge in [-0.05, 0) is 103 Å². The molecule has 0 spiro atoms. The van der Waals surface area contributed by atoms with E-state index in [1.54, 1.807) is 0 Å². The number of aromatic amines is 1. The van der Waals surface area contributed by atoms with Gasteiger partial charge < -0.3 is 15.2 Å². The number of phenols is 1. The van der Waals surface area contributed by atoms with E-state index in [2.05, 4.69) is 4.98 Å². The van der Waals surface area contributed by atoms with Gasteiger partial charge in [-0.25, -0.2) is 4.39 Å². The molecule has 0 amide bonds. The molecular weight excluding hydrogens is 441 g/mol. The molecule has 3 N–H and O–H groups in total. The van der Waals surface area contributed by atoms with Gasteiger partial charge in [0, 0.05) is 12.0 Å². The smallest absolute Gasteiger partial charge is 0.203 e.